The number of nitrogens with zero attached hydrogens (tertiary/aromatic N) is 5. The van der Waals surface area contributed by atoms with Gasteiger partial charge in [-0.25, -0.2) is 9.97 Å². The van der Waals surface area contributed by atoms with Crippen LogP contribution in [0, 0.1) is 0 Å². The van der Waals surface area contributed by atoms with Crippen LogP contribution in [0.25, 0.3) is 116 Å². The van der Waals surface area contributed by atoms with Gasteiger partial charge in [0.1, 0.15) is 0 Å². The first-order valence-electron chi connectivity index (χ1n) is 20.8. The smallest absolute Gasteiger partial charge is 0.0973 e. The summed E-state index contributed by atoms with van der Waals surface area (Å²) in [4.78, 5) is 10.5. The van der Waals surface area contributed by atoms with Gasteiger partial charge in [-0.15, -0.1) is 0 Å². The van der Waals surface area contributed by atoms with Gasteiger partial charge in [-0.05, 0) is 66.7 Å². The predicted octanol–water partition coefficient (Wildman–Crippen LogP) is 14.3. The minimum Gasteiger partial charge on any atom is -0.309 e. The van der Waals surface area contributed by atoms with Crippen molar-refractivity contribution in [3.8, 4) is 39.6 Å². The molecule has 5 nitrogen and oxygen atoms in total. The Bertz CT molecular complexity index is 3870. The van der Waals surface area contributed by atoms with E-state index in [0.717, 1.165) is 72.7 Å². The third-order valence-electron chi connectivity index (χ3n) is 12.4. The largest absolute Gasteiger partial charge is 0.309 e. The average Bonchev–Trinajstić information content (AvgIpc) is 3.97. The number of fused-ring (bicyclic) bond motifs is 11. The normalized spacial score (nSPS) is 11.9. The highest BCUT2D eigenvalue weighted by Gasteiger charge is 2.23. The van der Waals surface area contributed by atoms with Gasteiger partial charge in [0.05, 0.1) is 55.5 Å². The molecule has 0 bridgehead atoms. The molecule has 4 heterocycles. The number of benzene rings is 9. The maximum Gasteiger partial charge on any atom is 0.0973 e. The summed E-state index contributed by atoms with van der Waals surface area (Å²) in [6, 6.07) is 76.0. The first kappa shape index (κ1) is 33.7. The van der Waals surface area contributed by atoms with Crippen LogP contribution in [0.15, 0.2) is 212 Å². The number of rotatable bonds is 5. The summed E-state index contributed by atoms with van der Waals surface area (Å²) in [7, 11) is 0. The van der Waals surface area contributed by atoms with E-state index in [1.807, 2.05) is 30.3 Å². The Hall–Kier alpha value is -8.28. The molecule has 0 unspecified atom stereocenters. The van der Waals surface area contributed by atoms with Crippen LogP contribution < -0.4 is 0 Å². The summed E-state index contributed by atoms with van der Waals surface area (Å²) in [5.41, 5.74) is 15.8. The second kappa shape index (κ2) is 13.1. The molecular formula is C56H35N5. The molecule has 0 amide bonds. The van der Waals surface area contributed by atoms with Crippen LogP contribution in [-0.2, 0) is 0 Å². The van der Waals surface area contributed by atoms with Gasteiger partial charge in [0.2, 0.25) is 0 Å². The minimum absolute atomic E-state index is 0.855. The molecule has 0 aliphatic heterocycles. The summed E-state index contributed by atoms with van der Waals surface area (Å²) >= 11 is 0. The molecule has 0 aliphatic rings. The molecule has 0 fully saturated rings. The van der Waals surface area contributed by atoms with E-state index in [-0.39, 0.29) is 0 Å². The van der Waals surface area contributed by atoms with Crippen molar-refractivity contribution < 1.29 is 0 Å². The van der Waals surface area contributed by atoms with Gasteiger partial charge in [-0.2, -0.15) is 0 Å². The summed E-state index contributed by atoms with van der Waals surface area (Å²) in [6.07, 6.45) is 0. The Balaban J connectivity index is 1.12. The zero-order valence-corrected chi connectivity index (χ0v) is 32.9. The van der Waals surface area contributed by atoms with E-state index < -0.39 is 0 Å². The van der Waals surface area contributed by atoms with Crippen LogP contribution in [0.4, 0.5) is 0 Å². The van der Waals surface area contributed by atoms with E-state index in [1.165, 1.54) is 43.4 Å². The summed E-state index contributed by atoms with van der Waals surface area (Å²) in [5.74, 6) is 0. The van der Waals surface area contributed by atoms with Crippen molar-refractivity contribution >= 4 is 76.5 Å². The standard InChI is InChI=1S/C56H35N5/c1-3-16-36(17-4-1)53-54(58-48-26-11-10-25-47(48)57-53)37-18-15-21-39(34-37)60-50-28-13-8-23-42(50)45-32-33-46-43-24-9-14-29-51(43)61(56(46)55(45)60)40-30-31-44-41-22-7-12-27-49(41)59(52(44)35-40)38-19-5-2-6-20-38/h1-35H. The van der Waals surface area contributed by atoms with Gasteiger partial charge in [-0.1, -0.05) is 146 Å². The van der Waals surface area contributed by atoms with Crippen molar-refractivity contribution in [2.24, 2.45) is 0 Å². The van der Waals surface area contributed by atoms with Crippen molar-refractivity contribution in [1.29, 1.82) is 0 Å². The molecular weight excluding hydrogens is 743 g/mol. The Labute approximate surface area is 350 Å². The van der Waals surface area contributed by atoms with E-state index in [0.29, 0.717) is 0 Å². The Kier molecular flexibility index (Phi) is 7.24. The van der Waals surface area contributed by atoms with Crippen molar-refractivity contribution in [3.05, 3.63) is 212 Å². The molecule has 5 heteroatoms. The average molecular weight is 778 g/mol. The van der Waals surface area contributed by atoms with Gasteiger partial charge in [0.15, 0.2) is 0 Å². The zero-order valence-electron chi connectivity index (χ0n) is 32.9. The maximum absolute atomic E-state index is 5.29. The Morgan fingerprint density at radius 1 is 0.262 bits per heavy atom. The fourth-order valence-electron chi connectivity index (χ4n) is 9.78. The zero-order chi connectivity index (χ0) is 40.0. The SMILES string of the molecule is c1ccc(-c2nc3ccccc3nc2-c2cccc(-n3c4ccccc4c4ccc5c6ccccc6n(-c6ccc7c8ccccc8n(-c8ccccc8)c7c6)c5c43)c2)cc1. The minimum atomic E-state index is 0.855. The molecule has 13 aromatic rings. The lowest BCUT2D eigenvalue weighted by molar-refractivity contribution is 1.14. The molecule has 0 radical (unpaired) electrons. The molecule has 9 aromatic carbocycles. The topological polar surface area (TPSA) is 40.6 Å². The highest BCUT2D eigenvalue weighted by atomic mass is 15.1. The fourth-order valence-corrected chi connectivity index (χ4v) is 9.78. The number of hydrogen-bond donors (Lipinski definition) is 0. The van der Waals surface area contributed by atoms with Gasteiger partial charge < -0.3 is 13.7 Å². The van der Waals surface area contributed by atoms with Gasteiger partial charge in [0, 0.05) is 60.5 Å². The van der Waals surface area contributed by atoms with E-state index in [1.54, 1.807) is 0 Å². The van der Waals surface area contributed by atoms with E-state index in [9.17, 15) is 0 Å². The first-order valence-corrected chi connectivity index (χ1v) is 20.8. The van der Waals surface area contributed by atoms with E-state index >= 15 is 0 Å². The highest BCUT2D eigenvalue weighted by Crippen LogP contribution is 2.43. The van der Waals surface area contributed by atoms with Crippen LogP contribution in [0.2, 0.25) is 0 Å². The third-order valence-corrected chi connectivity index (χ3v) is 12.4. The van der Waals surface area contributed by atoms with Crippen LogP contribution in [0.3, 0.4) is 0 Å². The molecule has 0 atom stereocenters. The summed E-state index contributed by atoms with van der Waals surface area (Å²) < 4.78 is 7.35. The van der Waals surface area contributed by atoms with Crippen molar-refractivity contribution in [3.63, 3.8) is 0 Å². The van der Waals surface area contributed by atoms with Crippen LogP contribution in [0.1, 0.15) is 0 Å². The molecule has 0 saturated heterocycles. The number of hydrogen-bond acceptors (Lipinski definition) is 2. The lowest BCUT2D eigenvalue weighted by Crippen LogP contribution is -2.00. The second-order valence-electron chi connectivity index (χ2n) is 15.8. The Morgan fingerprint density at radius 2 is 0.689 bits per heavy atom. The molecule has 0 spiro atoms. The van der Waals surface area contributed by atoms with Crippen molar-refractivity contribution in [2.45, 2.75) is 0 Å². The van der Waals surface area contributed by atoms with Crippen molar-refractivity contribution in [2.75, 3.05) is 0 Å². The highest BCUT2D eigenvalue weighted by molar-refractivity contribution is 6.24. The van der Waals surface area contributed by atoms with Gasteiger partial charge in [0.25, 0.3) is 0 Å². The van der Waals surface area contributed by atoms with E-state index in [4.69, 9.17) is 9.97 Å². The second-order valence-corrected chi connectivity index (χ2v) is 15.8. The summed E-state index contributed by atoms with van der Waals surface area (Å²) in [5, 5.41) is 7.30. The molecule has 4 aromatic heterocycles. The summed E-state index contributed by atoms with van der Waals surface area (Å²) in [6.45, 7) is 0. The predicted molar refractivity (Wildman–Crippen MR) is 253 cm³/mol. The maximum atomic E-state index is 5.29. The first-order chi connectivity index (χ1) is 30.3. The Morgan fingerprint density at radius 3 is 1.31 bits per heavy atom. The van der Waals surface area contributed by atoms with Gasteiger partial charge >= 0.3 is 0 Å². The van der Waals surface area contributed by atoms with Crippen molar-refractivity contribution in [1.82, 2.24) is 23.7 Å². The van der Waals surface area contributed by atoms with Crippen LogP contribution >= 0.6 is 0 Å². The quantitative estimate of drug-likeness (QED) is 0.175. The molecule has 13 rings (SSSR count). The molecule has 284 valence electrons. The molecule has 0 N–H and O–H groups in total. The van der Waals surface area contributed by atoms with E-state index in [2.05, 4.69) is 196 Å². The number of aromatic nitrogens is 5. The lowest BCUT2D eigenvalue weighted by Gasteiger charge is -2.15. The third kappa shape index (κ3) is 5.01. The molecule has 0 aliphatic carbocycles. The lowest BCUT2D eigenvalue weighted by atomic mass is 10.0. The molecule has 61 heavy (non-hydrogen) atoms. The van der Waals surface area contributed by atoms with Crippen LogP contribution in [-0.4, -0.2) is 23.7 Å². The number of para-hydroxylation sites is 6. The van der Waals surface area contributed by atoms with Gasteiger partial charge in [-0.3, -0.25) is 0 Å². The monoisotopic (exact) mass is 777 g/mol. The fraction of sp³-hybridized carbons (Fsp3) is 0. The molecule has 0 saturated carbocycles. The van der Waals surface area contributed by atoms with Crippen LogP contribution in [0.5, 0.6) is 0 Å².